The molecule has 0 saturated carbocycles. The maximum Gasteiger partial charge on any atom is 0.423 e. The minimum absolute atomic E-state index is 0.199. The number of hydrogen-bond donors (Lipinski definition) is 0. The molecule has 0 heterocycles. The molecule has 0 aliphatic carbocycles. The first-order valence-corrected chi connectivity index (χ1v) is 8.92. The van der Waals surface area contributed by atoms with Crippen LogP contribution in [0.5, 0.6) is 5.75 Å². The van der Waals surface area contributed by atoms with E-state index in [0.717, 1.165) is 12.1 Å². The Morgan fingerprint density at radius 3 is 2.52 bits per heavy atom. The van der Waals surface area contributed by atoms with E-state index in [-0.39, 0.29) is 5.75 Å². The number of hydrogen-bond acceptors (Lipinski definition) is 5. The molecule has 1 unspecified atom stereocenters. The van der Waals surface area contributed by atoms with Gasteiger partial charge in [0.05, 0.1) is 11.5 Å². The van der Waals surface area contributed by atoms with Crippen molar-refractivity contribution in [1.82, 2.24) is 0 Å². The van der Waals surface area contributed by atoms with Gasteiger partial charge in [-0.3, -0.25) is 10.1 Å². The molecule has 0 saturated heterocycles. The number of rotatable bonds is 6. The number of nitrogens with zero attached hydrogens (tertiary/aromatic N) is 1. The number of nitro groups is 1. The lowest BCUT2D eigenvalue weighted by Crippen LogP contribution is -2.09. The van der Waals surface area contributed by atoms with E-state index in [9.17, 15) is 23.3 Å². The van der Waals surface area contributed by atoms with Crippen molar-refractivity contribution in [3.8, 4) is 5.75 Å². The molecule has 10 heteroatoms. The van der Waals surface area contributed by atoms with E-state index in [1.807, 2.05) is 6.92 Å². The molecule has 0 aromatic heterocycles. The molecule has 1 rings (SSSR count). The summed E-state index contributed by atoms with van der Waals surface area (Å²) in [6.45, 7) is 0.909. The van der Waals surface area contributed by atoms with Crippen molar-refractivity contribution < 1.29 is 27.1 Å². The zero-order valence-electron chi connectivity index (χ0n) is 11.2. The van der Waals surface area contributed by atoms with Gasteiger partial charge in [-0.1, -0.05) is 6.92 Å². The third-order valence-electron chi connectivity index (χ3n) is 2.27. The quantitative estimate of drug-likeness (QED) is 0.436. The van der Waals surface area contributed by atoms with Gasteiger partial charge < -0.3 is 9.05 Å². The van der Waals surface area contributed by atoms with E-state index in [1.165, 1.54) is 6.66 Å². The molecule has 0 amide bonds. The molecule has 0 bridgehead atoms. The summed E-state index contributed by atoms with van der Waals surface area (Å²) < 4.78 is 49.0. The Kier molecular flexibility index (Phi) is 5.72. The highest BCUT2D eigenvalue weighted by atomic mass is 32.5. The number of nitro benzene ring substituents is 1. The summed E-state index contributed by atoms with van der Waals surface area (Å²) >= 11 is 5.06. The second-order valence-corrected chi connectivity index (χ2v) is 8.10. The summed E-state index contributed by atoms with van der Waals surface area (Å²) in [5.41, 5.74) is -2.41. The smallest absolute Gasteiger partial charge is 0.423 e. The second kappa shape index (κ2) is 6.72. The van der Waals surface area contributed by atoms with E-state index in [2.05, 4.69) is 0 Å². The van der Waals surface area contributed by atoms with E-state index >= 15 is 0 Å². The van der Waals surface area contributed by atoms with E-state index in [0.29, 0.717) is 19.1 Å². The Morgan fingerprint density at radius 1 is 1.43 bits per heavy atom. The predicted octanol–water partition coefficient (Wildman–Crippen LogP) is 4.36. The molecule has 118 valence electrons. The summed E-state index contributed by atoms with van der Waals surface area (Å²) in [5.74, 6) is -0.199. The van der Waals surface area contributed by atoms with Crippen LogP contribution >= 0.6 is 6.49 Å². The Hall–Kier alpha value is -1.18. The Morgan fingerprint density at radius 2 is 2.05 bits per heavy atom. The van der Waals surface area contributed by atoms with Crippen LogP contribution in [0.1, 0.15) is 18.9 Å². The van der Waals surface area contributed by atoms with Crippen LogP contribution < -0.4 is 4.52 Å². The van der Waals surface area contributed by atoms with Crippen LogP contribution in [0.15, 0.2) is 18.2 Å². The van der Waals surface area contributed by atoms with Crippen molar-refractivity contribution in [2.24, 2.45) is 0 Å². The van der Waals surface area contributed by atoms with Crippen LogP contribution in [0.2, 0.25) is 0 Å². The SMILES string of the molecule is CCCOP(C)(=S)Oc1ccc([N+](=O)[O-])c(C(F)(F)F)c1. The molecule has 1 atom stereocenters. The molecule has 21 heavy (non-hydrogen) atoms. The van der Waals surface area contributed by atoms with E-state index in [4.69, 9.17) is 20.9 Å². The third kappa shape index (κ3) is 5.26. The van der Waals surface area contributed by atoms with Crippen LogP contribution in [-0.4, -0.2) is 18.2 Å². The zero-order chi connectivity index (χ0) is 16.3. The van der Waals surface area contributed by atoms with Crippen LogP contribution in [0.4, 0.5) is 18.9 Å². The Bertz CT molecular complexity index is 579. The fourth-order valence-corrected chi connectivity index (χ4v) is 2.98. The maximum atomic E-state index is 12.8. The molecule has 0 aliphatic heterocycles. The van der Waals surface area contributed by atoms with Gasteiger partial charge in [0.1, 0.15) is 11.3 Å². The normalized spacial score (nSPS) is 14.5. The lowest BCUT2D eigenvalue weighted by atomic mass is 10.1. The topological polar surface area (TPSA) is 61.6 Å². The molecule has 1 aromatic rings. The van der Waals surface area contributed by atoms with Gasteiger partial charge in [0, 0.05) is 12.7 Å². The minimum Gasteiger partial charge on any atom is -0.444 e. The Labute approximate surface area is 124 Å². The molecular weight excluding hydrogens is 330 g/mol. The van der Waals surface area contributed by atoms with Gasteiger partial charge in [0.25, 0.3) is 5.69 Å². The minimum atomic E-state index is -4.86. The van der Waals surface area contributed by atoms with Gasteiger partial charge in [-0.15, -0.1) is 0 Å². The highest BCUT2D eigenvalue weighted by Gasteiger charge is 2.38. The van der Waals surface area contributed by atoms with Crippen molar-refractivity contribution in [2.45, 2.75) is 19.5 Å². The summed E-state index contributed by atoms with van der Waals surface area (Å²) in [5, 5.41) is 10.6. The third-order valence-corrected chi connectivity index (χ3v) is 4.01. The van der Waals surface area contributed by atoms with Crippen LogP contribution in [0.25, 0.3) is 0 Å². The Balaban J connectivity index is 3.12. The van der Waals surface area contributed by atoms with Gasteiger partial charge in [0.2, 0.25) is 6.49 Å². The van der Waals surface area contributed by atoms with Crippen molar-refractivity contribution >= 4 is 24.0 Å². The summed E-state index contributed by atoms with van der Waals surface area (Å²) in [6.07, 6.45) is -4.17. The van der Waals surface area contributed by atoms with Crippen molar-refractivity contribution in [2.75, 3.05) is 13.3 Å². The number of halogens is 3. The van der Waals surface area contributed by atoms with Gasteiger partial charge >= 0.3 is 6.18 Å². The van der Waals surface area contributed by atoms with Crippen molar-refractivity contribution in [3.63, 3.8) is 0 Å². The van der Waals surface area contributed by atoms with Crippen LogP contribution in [0, 0.1) is 10.1 Å². The van der Waals surface area contributed by atoms with Crippen molar-refractivity contribution in [3.05, 3.63) is 33.9 Å². The van der Waals surface area contributed by atoms with Crippen molar-refractivity contribution in [1.29, 1.82) is 0 Å². The second-order valence-electron chi connectivity index (χ2n) is 4.13. The largest absolute Gasteiger partial charge is 0.444 e. The highest BCUT2D eigenvalue weighted by Crippen LogP contribution is 2.47. The highest BCUT2D eigenvalue weighted by molar-refractivity contribution is 8.09. The molecule has 0 aliphatic rings. The standard InChI is InChI=1S/C11H13F3NO4PS/c1-3-6-18-20(2,21)19-8-4-5-10(15(16)17)9(7-8)11(12,13)14/h4-5,7H,3,6H2,1-2H3. The summed E-state index contributed by atoms with van der Waals surface area (Å²) in [6, 6.07) is 2.39. The van der Waals surface area contributed by atoms with Gasteiger partial charge in [0.15, 0.2) is 0 Å². The zero-order valence-corrected chi connectivity index (χ0v) is 12.9. The van der Waals surface area contributed by atoms with E-state index < -0.39 is 28.8 Å². The molecule has 0 radical (unpaired) electrons. The first kappa shape index (κ1) is 17.9. The van der Waals surface area contributed by atoms with Crippen LogP contribution in [0.3, 0.4) is 0 Å². The van der Waals surface area contributed by atoms with Gasteiger partial charge in [-0.05, 0) is 30.4 Å². The molecule has 0 spiro atoms. The molecule has 0 fully saturated rings. The molecule has 0 N–H and O–H groups in total. The number of benzene rings is 1. The first-order chi connectivity index (χ1) is 9.57. The molecule has 1 aromatic carbocycles. The summed E-state index contributed by atoms with van der Waals surface area (Å²) in [4.78, 5) is 9.54. The molecule has 5 nitrogen and oxygen atoms in total. The summed E-state index contributed by atoms with van der Waals surface area (Å²) in [7, 11) is 0. The lowest BCUT2D eigenvalue weighted by molar-refractivity contribution is -0.388. The average Bonchev–Trinajstić information content (AvgIpc) is 2.34. The fraction of sp³-hybridized carbons (Fsp3) is 0.455. The molecular formula is C11H13F3NO4PS. The lowest BCUT2D eigenvalue weighted by Gasteiger charge is -2.19. The number of alkyl halides is 3. The van der Waals surface area contributed by atoms with E-state index in [1.54, 1.807) is 0 Å². The first-order valence-electron chi connectivity index (χ1n) is 5.84. The maximum absolute atomic E-state index is 12.8. The average molecular weight is 343 g/mol. The predicted molar refractivity (Wildman–Crippen MR) is 75.2 cm³/mol. The van der Waals surface area contributed by atoms with Gasteiger partial charge in [-0.25, -0.2) is 0 Å². The monoisotopic (exact) mass is 343 g/mol. The fourth-order valence-electron chi connectivity index (χ4n) is 1.43. The van der Waals surface area contributed by atoms with Crippen LogP contribution in [-0.2, 0) is 22.5 Å². The van der Waals surface area contributed by atoms with Gasteiger partial charge in [-0.2, -0.15) is 13.2 Å².